The largest absolute Gasteiger partial charge is 0.147 e. The van der Waals surface area contributed by atoms with Crippen LogP contribution in [0.25, 0.3) is 0 Å². The fraction of sp³-hybridized carbons (Fsp3) is 0.273. The lowest BCUT2D eigenvalue weighted by Gasteiger charge is -2.06. The van der Waals surface area contributed by atoms with Crippen molar-refractivity contribution in [3.63, 3.8) is 0 Å². The molecule has 0 aliphatic carbocycles. The molecule has 1 aliphatic heterocycles. The number of halogens is 2. The highest BCUT2D eigenvalue weighted by molar-refractivity contribution is 7.68. The summed E-state index contributed by atoms with van der Waals surface area (Å²) < 4.78 is 0. The zero-order valence-corrected chi connectivity index (χ0v) is 10.7. The van der Waals surface area contributed by atoms with Gasteiger partial charge < -0.3 is 0 Å². The van der Waals surface area contributed by atoms with Crippen molar-refractivity contribution in [3.05, 3.63) is 41.7 Å². The summed E-state index contributed by atoms with van der Waals surface area (Å²) in [5, 5.41) is 1.53. The van der Waals surface area contributed by atoms with E-state index in [2.05, 4.69) is 43.1 Å². The molecule has 0 fully saturated rings. The molecule has 1 unspecified atom stereocenters. The molecule has 0 saturated heterocycles. The van der Waals surface area contributed by atoms with Crippen LogP contribution in [-0.2, 0) is 0 Å². The van der Waals surface area contributed by atoms with Gasteiger partial charge in [-0.25, -0.2) is 0 Å². The van der Waals surface area contributed by atoms with Crippen LogP contribution in [0.1, 0.15) is 13.3 Å². The molecule has 0 N–H and O–H groups in total. The van der Waals surface area contributed by atoms with Gasteiger partial charge in [-0.3, -0.25) is 0 Å². The molecular weight excluding hydrogens is 234 g/mol. The Balaban J connectivity index is 0.000000845. The average molecular weight is 249 g/mol. The second-order valence-corrected chi connectivity index (χ2v) is 5.42. The van der Waals surface area contributed by atoms with Crippen molar-refractivity contribution >= 4 is 38.0 Å². The lowest BCUT2D eigenvalue weighted by atomic mass is 10.3. The number of rotatable bonds is 1. The van der Waals surface area contributed by atoms with Crippen molar-refractivity contribution < 1.29 is 0 Å². The molecule has 1 atom stereocenters. The number of hydrogen-bond acceptors (Lipinski definition) is 0. The molecule has 0 amide bonds. The molecule has 0 radical (unpaired) electrons. The molecule has 0 aromatic heterocycles. The lowest BCUT2D eigenvalue weighted by Crippen LogP contribution is -1.97. The molecule has 0 saturated carbocycles. The van der Waals surface area contributed by atoms with E-state index in [-0.39, 0.29) is 32.7 Å². The molecule has 1 aliphatic rings. The second-order valence-electron chi connectivity index (χ2n) is 3.25. The number of allylic oxidation sites excluding steroid dienone is 1. The van der Waals surface area contributed by atoms with E-state index in [0.29, 0.717) is 0 Å². The van der Waals surface area contributed by atoms with Gasteiger partial charge in [-0.05, 0) is 24.8 Å². The lowest BCUT2D eigenvalue weighted by molar-refractivity contribution is 1.14. The highest BCUT2D eigenvalue weighted by atomic mass is 35.5. The van der Waals surface area contributed by atoms with Crippen LogP contribution in [0.5, 0.6) is 0 Å². The van der Waals surface area contributed by atoms with E-state index in [0.717, 1.165) is 0 Å². The minimum atomic E-state index is 0. The summed E-state index contributed by atoms with van der Waals surface area (Å²) in [4.78, 5) is 0. The fourth-order valence-corrected chi connectivity index (χ4v) is 3.86. The van der Waals surface area contributed by atoms with Crippen LogP contribution in [0, 0.1) is 0 Å². The Morgan fingerprint density at radius 3 is 2.21 bits per heavy atom. The van der Waals surface area contributed by atoms with Crippen LogP contribution in [0.15, 0.2) is 41.7 Å². The third-order valence-electron chi connectivity index (χ3n) is 2.21. The Kier molecular flexibility index (Phi) is 6.44. The molecule has 78 valence electrons. The van der Waals surface area contributed by atoms with Gasteiger partial charge in [-0.15, -0.1) is 24.8 Å². The van der Waals surface area contributed by atoms with E-state index in [1.54, 1.807) is 5.57 Å². The second kappa shape index (κ2) is 6.45. The van der Waals surface area contributed by atoms with E-state index >= 15 is 0 Å². The third kappa shape index (κ3) is 3.28. The van der Waals surface area contributed by atoms with Gasteiger partial charge in [0.05, 0.1) is 0 Å². The average Bonchev–Trinajstić information content (AvgIpc) is 2.54. The third-order valence-corrected chi connectivity index (χ3v) is 4.63. The molecule has 1 aromatic rings. The van der Waals surface area contributed by atoms with Crippen LogP contribution in [0.2, 0.25) is 0 Å². The first-order valence-electron chi connectivity index (χ1n) is 4.35. The van der Waals surface area contributed by atoms with Crippen LogP contribution < -0.4 is 5.30 Å². The van der Waals surface area contributed by atoms with E-state index < -0.39 is 0 Å². The topological polar surface area (TPSA) is 0 Å². The molecule has 14 heavy (non-hydrogen) atoms. The molecule has 0 nitrogen and oxygen atoms in total. The molecule has 0 spiro atoms. The van der Waals surface area contributed by atoms with Gasteiger partial charge in [0, 0.05) is 0 Å². The van der Waals surface area contributed by atoms with Crippen molar-refractivity contribution in [3.8, 4) is 0 Å². The minimum absolute atomic E-state index is 0. The van der Waals surface area contributed by atoms with Gasteiger partial charge in [0.25, 0.3) is 0 Å². The first-order valence-corrected chi connectivity index (χ1v) is 5.95. The SMILES string of the molecule is CC1=CP(c2ccccc2)CC1.Cl.Cl. The van der Waals surface area contributed by atoms with Crippen molar-refractivity contribution in [2.24, 2.45) is 0 Å². The summed E-state index contributed by atoms with van der Waals surface area (Å²) >= 11 is 0. The van der Waals surface area contributed by atoms with Crippen LogP contribution in [-0.4, -0.2) is 6.16 Å². The van der Waals surface area contributed by atoms with Crippen molar-refractivity contribution in [2.75, 3.05) is 6.16 Å². The molecule has 2 rings (SSSR count). The zero-order chi connectivity index (χ0) is 8.39. The first kappa shape index (κ1) is 14.0. The standard InChI is InChI=1S/C11H13P.2ClH/c1-10-7-8-12(9-10)11-5-3-2-4-6-11;;/h2-6,9H,7-8H2,1H3;2*1H. The number of hydrogen-bond donors (Lipinski definition) is 0. The van der Waals surface area contributed by atoms with Crippen LogP contribution in [0.3, 0.4) is 0 Å². The maximum Gasteiger partial charge on any atom is -0.0201 e. The molecule has 0 bridgehead atoms. The van der Waals surface area contributed by atoms with E-state index in [4.69, 9.17) is 0 Å². The Morgan fingerprint density at radius 2 is 1.71 bits per heavy atom. The molecule has 3 heteroatoms. The van der Waals surface area contributed by atoms with Crippen LogP contribution >= 0.6 is 32.7 Å². The smallest absolute Gasteiger partial charge is 0.0201 e. The van der Waals surface area contributed by atoms with Crippen molar-refractivity contribution in [1.82, 2.24) is 0 Å². The normalized spacial score (nSPS) is 19.2. The Morgan fingerprint density at radius 1 is 1.07 bits per heavy atom. The van der Waals surface area contributed by atoms with Crippen molar-refractivity contribution in [2.45, 2.75) is 13.3 Å². The summed E-state index contributed by atoms with van der Waals surface area (Å²) in [7, 11) is 0.0584. The van der Waals surface area contributed by atoms with Gasteiger partial charge in [0.1, 0.15) is 0 Å². The van der Waals surface area contributed by atoms with Gasteiger partial charge >= 0.3 is 0 Å². The zero-order valence-electron chi connectivity index (χ0n) is 8.14. The molecule has 1 aromatic carbocycles. The van der Waals surface area contributed by atoms with Crippen molar-refractivity contribution in [1.29, 1.82) is 0 Å². The summed E-state index contributed by atoms with van der Waals surface area (Å²) in [5.74, 6) is 2.46. The highest BCUT2D eigenvalue weighted by Crippen LogP contribution is 2.44. The molecular formula is C11H15Cl2P. The Hall–Kier alpha value is -0.0300. The Bertz CT molecular complexity index is 295. The van der Waals surface area contributed by atoms with E-state index in [1.807, 2.05) is 0 Å². The fourth-order valence-electron chi connectivity index (χ4n) is 1.52. The van der Waals surface area contributed by atoms with Crippen LogP contribution in [0.4, 0.5) is 0 Å². The minimum Gasteiger partial charge on any atom is -0.147 e. The van der Waals surface area contributed by atoms with E-state index in [1.165, 1.54) is 17.9 Å². The predicted octanol–water partition coefficient (Wildman–Crippen LogP) is 3.94. The quantitative estimate of drug-likeness (QED) is 0.661. The summed E-state index contributed by atoms with van der Waals surface area (Å²) in [6.45, 7) is 2.24. The monoisotopic (exact) mass is 248 g/mol. The van der Waals surface area contributed by atoms with Gasteiger partial charge in [0.2, 0.25) is 0 Å². The van der Waals surface area contributed by atoms with Gasteiger partial charge in [0.15, 0.2) is 0 Å². The van der Waals surface area contributed by atoms with Gasteiger partial charge in [-0.1, -0.05) is 49.6 Å². The van der Waals surface area contributed by atoms with E-state index in [9.17, 15) is 0 Å². The first-order chi connectivity index (χ1) is 5.86. The van der Waals surface area contributed by atoms with Gasteiger partial charge in [-0.2, -0.15) is 0 Å². The summed E-state index contributed by atoms with van der Waals surface area (Å²) in [6.07, 6.45) is 2.67. The molecule has 1 heterocycles. The number of benzene rings is 1. The summed E-state index contributed by atoms with van der Waals surface area (Å²) in [6, 6.07) is 10.9. The highest BCUT2D eigenvalue weighted by Gasteiger charge is 2.13. The predicted molar refractivity (Wildman–Crippen MR) is 70.7 cm³/mol. The Labute approximate surface area is 99.4 Å². The maximum absolute atomic E-state index is 2.46. The maximum atomic E-state index is 2.46. The summed E-state index contributed by atoms with van der Waals surface area (Å²) in [5.41, 5.74) is 1.57.